The highest BCUT2D eigenvalue weighted by Gasteiger charge is 2.24. The summed E-state index contributed by atoms with van der Waals surface area (Å²) in [6.45, 7) is 1.89. The van der Waals surface area contributed by atoms with Crippen LogP contribution >= 0.6 is 0 Å². The van der Waals surface area contributed by atoms with Crippen LogP contribution in [-0.2, 0) is 16.1 Å². The van der Waals surface area contributed by atoms with E-state index in [1.54, 1.807) is 7.11 Å². The van der Waals surface area contributed by atoms with E-state index in [0.29, 0.717) is 13.1 Å². The van der Waals surface area contributed by atoms with Crippen LogP contribution in [-0.4, -0.2) is 37.2 Å². The van der Waals surface area contributed by atoms with E-state index < -0.39 is 0 Å². The normalized spacial score (nSPS) is 17.5. The van der Waals surface area contributed by atoms with E-state index in [1.165, 1.54) is 0 Å². The molecule has 1 heterocycles. The first-order valence-electron chi connectivity index (χ1n) is 9.48. The molecule has 1 aliphatic rings. The van der Waals surface area contributed by atoms with Crippen molar-refractivity contribution in [3.8, 4) is 5.75 Å². The van der Waals surface area contributed by atoms with Gasteiger partial charge < -0.3 is 20.1 Å². The van der Waals surface area contributed by atoms with Crippen molar-refractivity contribution in [3.63, 3.8) is 0 Å². The molecule has 0 spiro atoms. The third kappa shape index (κ3) is 5.55. The van der Waals surface area contributed by atoms with Crippen molar-refractivity contribution in [1.82, 2.24) is 4.90 Å². The Balaban J connectivity index is 1.70. The van der Waals surface area contributed by atoms with Gasteiger partial charge in [0.25, 0.3) is 0 Å². The average Bonchev–Trinajstić information content (AvgIpc) is 3.21. The lowest BCUT2D eigenvalue weighted by Crippen LogP contribution is -2.38. The van der Waals surface area contributed by atoms with Gasteiger partial charge in [-0.2, -0.15) is 0 Å². The maximum Gasteiger partial charge on any atom is 0.224 e. The van der Waals surface area contributed by atoms with Gasteiger partial charge >= 0.3 is 0 Å². The number of hydrogen-bond acceptors (Lipinski definition) is 4. The first-order valence-corrected chi connectivity index (χ1v) is 9.48. The van der Waals surface area contributed by atoms with Gasteiger partial charge in [0, 0.05) is 32.2 Å². The minimum Gasteiger partial charge on any atom is -0.497 e. The SMILES string of the molecule is COc1cccc(CN(CC2CCCO2)C(=O)CC(N)c2ccccc2)c1. The van der Waals surface area contributed by atoms with Crippen molar-refractivity contribution >= 4 is 5.91 Å². The van der Waals surface area contributed by atoms with Crippen LogP contribution in [0.25, 0.3) is 0 Å². The second-order valence-electron chi connectivity index (χ2n) is 6.98. The zero-order valence-corrected chi connectivity index (χ0v) is 15.8. The molecule has 1 saturated heterocycles. The lowest BCUT2D eigenvalue weighted by molar-refractivity contribution is -0.133. The molecule has 3 rings (SSSR count). The molecule has 2 aromatic rings. The summed E-state index contributed by atoms with van der Waals surface area (Å²) in [6.07, 6.45) is 2.43. The van der Waals surface area contributed by atoms with Gasteiger partial charge in [-0.1, -0.05) is 42.5 Å². The Hall–Kier alpha value is -2.37. The van der Waals surface area contributed by atoms with E-state index in [4.69, 9.17) is 15.2 Å². The third-order valence-corrected chi connectivity index (χ3v) is 4.93. The van der Waals surface area contributed by atoms with Crippen molar-refractivity contribution in [2.45, 2.75) is 38.0 Å². The first kappa shape index (κ1) is 19.4. The smallest absolute Gasteiger partial charge is 0.224 e. The molecular formula is C22H28N2O3. The van der Waals surface area contributed by atoms with E-state index in [2.05, 4.69) is 0 Å². The molecule has 2 aromatic carbocycles. The summed E-state index contributed by atoms with van der Waals surface area (Å²) in [7, 11) is 1.65. The summed E-state index contributed by atoms with van der Waals surface area (Å²) >= 11 is 0. The second-order valence-corrected chi connectivity index (χ2v) is 6.98. The Kier molecular flexibility index (Phi) is 6.85. The number of ether oxygens (including phenoxy) is 2. The molecule has 2 N–H and O–H groups in total. The quantitative estimate of drug-likeness (QED) is 0.776. The molecule has 1 amide bonds. The van der Waals surface area contributed by atoms with Gasteiger partial charge in [0.1, 0.15) is 5.75 Å². The largest absolute Gasteiger partial charge is 0.497 e. The lowest BCUT2D eigenvalue weighted by atomic mass is 10.0. The van der Waals surface area contributed by atoms with E-state index in [1.807, 2.05) is 59.5 Å². The molecule has 144 valence electrons. The maximum atomic E-state index is 13.0. The number of benzene rings is 2. The highest BCUT2D eigenvalue weighted by atomic mass is 16.5. The average molecular weight is 368 g/mol. The van der Waals surface area contributed by atoms with Crippen LogP contribution in [0.1, 0.15) is 36.4 Å². The maximum absolute atomic E-state index is 13.0. The number of nitrogens with two attached hydrogens (primary N) is 1. The number of amides is 1. The number of carbonyl (C=O) groups excluding carboxylic acids is 1. The Morgan fingerprint density at radius 2 is 2.07 bits per heavy atom. The van der Waals surface area contributed by atoms with Crippen molar-refractivity contribution < 1.29 is 14.3 Å². The molecule has 0 radical (unpaired) electrons. The Morgan fingerprint density at radius 1 is 1.26 bits per heavy atom. The van der Waals surface area contributed by atoms with E-state index in [9.17, 15) is 4.79 Å². The van der Waals surface area contributed by atoms with Gasteiger partial charge in [-0.15, -0.1) is 0 Å². The fourth-order valence-corrected chi connectivity index (χ4v) is 3.42. The van der Waals surface area contributed by atoms with Gasteiger partial charge in [0.15, 0.2) is 0 Å². The van der Waals surface area contributed by atoms with Crippen LogP contribution in [0, 0.1) is 0 Å². The summed E-state index contributed by atoms with van der Waals surface area (Å²) < 4.78 is 11.1. The Bertz CT molecular complexity index is 729. The van der Waals surface area contributed by atoms with Crippen LogP contribution < -0.4 is 10.5 Å². The van der Waals surface area contributed by atoms with Crippen molar-refractivity contribution in [1.29, 1.82) is 0 Å². The third-order valence-electron chi connectivity index (χ3n) is 4.93. The summed E-state index contributed by atoms with van der Waals surface area (Å²) in [4.78, 5) is 14.9. The zero-order chi connectivity index (χ0) is 19.1. The molecule has 2 atom stereocenters. The molecule has 27 heavy (non-hydrogen) atoms. The summed E-state index contributed by atoms with van der Waals surface area (Å²) in [5.74, 6) is 0.836. The van der Waals surface area contributed by atoms with Crippen LogP contribution in [0.5, 0.6) is 5.75 Å². The van der Waals surface area contributed by atoms with Crippen LogP contribution in [0.4, 0.5) is 0 Å². The highest BCUT2D eigenvalue weighted by molar-refractivity contribution is 5.77. The molecule has 0 saturated carbocycles. The molecule has 2 unspecified atom stereocenters. The Morgan fingerprint density at radius 3 is 2.78 bits per heavy atom. The molecule has 0 bridgehead atoms. The lowest BCUT2D eigenvalue weighted by Gasteiger charge is -2.27. The van der Waals surface area contributed by atoms with E-state index in [-0.39, 0.29) is 24.5 Å². The molecule has 5 nitrogen and oxygen atoms in total. The predicted octanol–water partition coefficient (Wildman–Crippen LogP) is 3.29. The van der Waals surface area contributed by atoms with Crippen molar-refractivity contribution in [3.05, 3.63) is 65.7 Å². The van der Waals surface area contributed by atoms with Crippen LogP contribution in [0.3, 0.4) is 0 Å². The Labute approximate surface area is 161 Å². The number of nitrogens with zero attached hydrogens (tertiary/aromatic N) is 1. The number of carbonyl (C=O) groups is 1. The van der Waals surface area contributed by atoms with Crippen molar-refractivity contribution in [2.24, 2.45) is 5.73 Å². The van der Waals surface area contributed by atoms with Gasteiger partial charge in [0.05, 0.1) is 13.2 Å². The fraction of sp³-hybridized carbons (Fsp3) is 0.409. The van der Waals surface area contributed by atoms with E-state index in [0.717, 1.165) is 36.3 Å². The van der Waals surface area contributed by atoms with E-state index >= 15 is 0 Å². The molecule has 1 aliphatic heterocycles. The molecule has 1 fully saturated rings. The molecule has 5 heteroatoms. The fourth-order valence-electron chi connectivity index (χ4n) is 3.42. The summed E-state index contributed by atoms with van der Waals surface area (Å²) in [6, 6.07) is 17.3. The van der Waals surface area contributed by atoms with Gasteiger partial charge in [-0.05, 0) is 36.1 Å². The zero-order valence-electron chi connectivity index (χ0n) is 15.8. The molecular weight excluding hydrogens is 340 g/mol. The van der Waals surface area contributed by atoms with Gasteiger partial charge in [0.2, 0.25) is 5.91 Å². The van der Waals surface area contributed by atoms with Crippen LogP contribution in [0.15, 0.2) is 54.6 Å². The monoisotopic (exact) mass is 368 g/mol. The molecule has 0 aliphatic carbocycles. The second kappa shape index (κ2) is 9.53. The van der Waals surface area contributed by atoms with Crippen molar-refractivity contribution in [2.75, 3.05) is 20.3 Å². The number of methoxy groups -OCH3 is 1. The predicted molar refractivity (Wildman–Crippen MR) is 105 cm³/mol. The highest BCUT2D eigenvalue weighted by Crippen LogP contribution is 2.21. The topological polar surface area (TPSA) is 64.8 Å². The summed E-state index contributed by atoms with van der Waals surface area (Å²) in [5, 5.41) is 0. The first-order chi connectivity index (χ1) is 13.2. The van der Waals surface area contributed by atoms with Crippen LogP contribution in [0.2, 0.25) is 0 Å². The van der Waals surface area contributed by atoms with Gasteiger partial charge in [-0.3, -0.25) is 4.79 Å². The number of rotatable bonds is 8. The standard InChI is InChI=1S/C22H28N2O3/c1-26-19-10-5-7-17(13-19)15-24(16-20-11-6-12-27-20)22(25)14-21(23)18-8-3-2-4-9-18/h2-5,7-10,13,20-21H,6,11-12,14-16,23H2,1H3. The summed E-state index contributed by atoms with van der Waals surface area (Å²) in [5.41, 5.74) is 8.29. The minimum atomic E-state index is -0.309. The number of hydrogen-bond donors (Lipinski definition) is 1. The van der Waals surface area contributed by atoms with Gasteiger partial charge in [-0.25, -0.2) is 0 Å². The molecule has 0 aromatic heterocycles. The minimum absolute atomic E-state index is 0.0460.